The Bertz CT molecular complexity index is 886. The van der Waals surface area contributed by atoms with Gasteiger partial charge in [0.25, 0.3) is 5.91 Å². The number of nitrogens with one attached hydrogen (secondary N) is 1. The predicted molar refractivity (Wildman–Crippen MR) is 100 cm³/mol. The molecule has 0 saturated carbocycles. The SMILES string of the molecule is O=C(NN=Cc1ccc(Cl)cc1)c1ccc(-c2ccc(O)cc2)cc1. The van der Waals surface area contributed by atoms with Gasteiger partial charge in [-0.25, -0.2) is 5.43 Å². The van der Waals surface area contributed by atoms with E-state index in [2.05, 4.69) is 10.5 Å². The number of nitrogens with zero attached hydrogens (tertiary/aromatic N) is 1. The van der Waals surface area contributed by atoms with E-state index in [1.165, 1.54) is 0 Å². The number of hydrogen-bond donors (Lipinski definition) is 2. The molecule has 0 bridgehead atoms. The summed E-state index contributed by atoms with van der Waals surface area (Å²) in [4.78, 5) is 12.1. The third kappa shape index (κ3) is 4.46. The molecule has 124 valence electrons. The van der Waals surface area contributed by atoms with Gasteiger partial charge in [0.15, 0.2) is 0 Å². The number of carbonyl (C=O) groups is 1. The molecule has 0 saturated heterocycles. The van der Waals surface area contributed by atoms with Crippen LogP contribution in [0.4, 0.5) is 0 Å². The molecule has 5 heteroatoms. The van der Waals surface area contributed by atoms with Gasteiger partial charge in [0.05, 0.1) is 6.21 Å². The van der Waals surface area contributed by atoms with Crippen LogP contribution in [-0.4, -0.2) is 17.2 Å². The van der Waals surface area contributed by atoms with Crippen molar-refractivity contribution in [3.8, 4) is 16.9 Å². The number of aromatic hydroxyl groups is 1. The zero-order chi connectivity index (χ0) is 17.6. The van der Waals surface area contributed by atoms with Gasteiger partial charge in [0.2, 0.25) is 0 Å². The number of hydrogen-bond acceptors (Lipinski definition) is 3. The normalized spacial score (nSPS) is 10.8. The molecule has 0 spiro atoms. The second kappa shape index (κ2) is 7.64. The first-order valence-electron chi connectivity index (χ1n) is 7.60. The van der Waals surface area contributed by atoms with E-state index in [0.29, 0.717) is 10.6 Å². The Morgan fingerprint density at radius 3 is 2.04 bits per heavy atom. The Balaban J connectivity index is 1.64. The predicted octanol–water partition coefficient (Wildman–Crippen LogP) is 4.48. The summed E-state index contributed by atoms with van der Waals surface area (Å²) in [7, 11) is 0. The molecule has 0 heterocycles. The highest BCUT2D eigenvalue weighted by molar-refractivity contribution is 6.30. The van der Waals surface area contributed by atoms with Crippen LogP contribution >= 0.6 is 11.6 Å². The first-order chi connectivity index (χ1) is 12.1. The zero-order valence-electron chi connectivity index (χ0n) is 13.2. The molecular formula is C20H15ClN2O2. The number of rotatable bonds is 4. The van der Waals surface area contributed by atoms with E-state index in [0.717, 1.165) is 16.7 Å². The van der Waals surface area contributed by atoms with Crippen LogP contribution in [0.3, 0.4) is 0 Å². The van der Waals surface area contributed by atoms with E-state index in [9.17, 15) is 9.90 Å². The number of carbonyl (C=O) groups excluding carboxylic acids is 1. The van der Waals surface area contributed by atoms with Crippen molar-refractivity contribution >= 4 is 23.7 Å². The second-order valence-electron chi connectivity index (χ2n) is 5.37. The number of phenols is 1. The topological polar surface area (TPSA) is 61.7 Å². The number of phenolic OH excluding ortho intramolecular Hbond substituents is 1. The lowest BCUT2D eigenvalue weighted by Gasteiger charge is -2.04. The van der Waals surface area contributed by atoms with Crippen molar-refractivity contribution < 1.29 is 9.90 Å². The summed E-state index contributed by atoms with van der Waals surface area (Å²) in [5, 5.41) is 13.9. The van der Waals surface area contributed by atoms with Crippen LogP contribution in [0.1, 0.15) is 15.9 Å². The first kappa shape index (κ1) is 16.7. The lowest BCUT2D eigenvalue weighted by Crippen LogP contribution is -2.17. The highest BCUT2D eigenvalue weighted by Gasteiger charge is 2.05. The molecule has 3 rings (SSSR count). The third-order valence-corrected chi connectivity index (χ3v) is 3.85. The highest BCUT2D eigenvalue weighted by Crippen LogP contribution is 2.22. The summed E-state index contributed by atoms with van der Waals surface area (Å²) in [6.45, 7) is 0. The van der Waals surface area contributed by atoms with Crippen LogP contribution in [0, 0.1) is 0 Å². The molecular weight excluding hydrogens is 336 g/mol. The lowest BCUT2D eigenvalue weighted by molar-refractivity contribution is 0.0955. The van der Waals surface area contributed by atoms with Gasteiger partial charge in [-0.2, -0.15) is 5.10 Å². The van der Waals surface area contributed by atoms with Crippen molar-refractivity contribution in [1.82, 2.24) is 5.43 Å². The average molecular weight is 351 g/mol. The van der Waals surface area contributed by atoms with E-state index in [-0.39, 0.29) is 11.7 Å². The van der Waals surface area contributed by atoms with Gasteiger partial charge in [-0.1, -0.05) is 48.0 Å². The van der Waals surface area contributed by atoms with E-state index < -0.39 is 0 Å². The molecule has 2 N–H and O–H groups in total. The smallest absolute Gasteiger partial charge is 0.271 e. The summed E-state index contributed by atoms with van der Waals surface area (Å²) >= 11 is 5.81. The fourth-order valence-electron chi connectivity index (χ4n) is 2.25. The molecule has 3 aromatic rings. The van der Waals surface area contributed by atoms with Gasteiger partial charge in [0.1, 0.15) is 5.75 Å². The second-order valence-corrected chi connectivity index (χ2v) is 5.81. The summed E-state index contributed by atoms with van der Waals surface area (Å²) in [6, 6.07) is 21.2. The summed E-state index contributed by atoms with van der Waals surface area (Å²) in [5.41, 5.74) is 5.77. The van der Waals surface area contributed by atoms with E-state index in [1.807, 2.05) is 36.4 Å². The fourth-order valence-corrected chi connectivity index (χ4v) is 2.37. The van der Waals surface area contributed by atoms with Crippen LogP contribution < -0.4 is 5.43 Å². The largest absolute Gasteiger partial charge is 0.508 e. The molecule has 0 aromatic heterocycles. The molecule has 0 aliphatic heterocycles. The summed E-state index contributed by atoms with van der Waals surface area (Å²) in [6.07, 6.45) is 1.55. The molecule has 0 aliphatic rings. The molecule has 0 aliphatic carbocycles. The molecule has 0 radical (unpaired) electrons. The molecule has 0 unspecified atom stereocenters. The van der Waals surface area contributed by atoms with Crippen LogP contribution in [-0.2, 0) is 0 Å². The maximum absolute atomic E-state index is 12.1. The molecule has 0 atom stereocenters. The van der Waals surface area contributed by atoms with Crippen molar-refractivity contribution in [2.75, 3.05) is 0 Å². The molecule has 0 fully saturated rings. The minimum absolute atomic E-state index is 0.221. The van der Waals surface area contributed by atoms with Crippen LogP contribution in [0.25, 0.3) is 11.1 Å². The van der Waals surface area contributed by atoms with E-state index in [4.69, 9.17) is 11.6 Å². The molecule has 4 nitrogen and oxygen atoms in total. The van der Waals surface area contributed by atoms with Gasteiger partial charge >= 0.3 is 0 Å². The Labute approximate surface area is 150 Å². The van der Waals surface area contributed by atoms with Crippen molar-refractivity contribution in [3.05, 3.63) is 88.9 Å². The summed E-state index contributed by atoms with van der Waals surface area (Å²) in [5.74, 6) is -0.0687. The molecule has 1 amide bonds. The van der Waals surface area contributed by atoms with Gasteiger partial charge < -0.3 is 5.11 Å². The fraction of sp³-hybridized carbons (Fsp3) is 0. The van der Waals surface area contributed by atoms with Gasteiger partial charge in [-0.05, 0) is 53.1 Å². The number of amides is 1. The van der Waals surface area contributed by atoms with Crippen molar-refractivity contribution in [3.63, 3.8) is 0 Å². The van der Waals surface area contributed by atoms with Crippen LogP contribution in [0.5, 0.6) is 5.75 Å². The van der Waals surface area contributed by atoms with Crippen LogP contribution in [0.15, 0.2) is 77.9 Å². The molecule has 25 heavy (non-hydrogen) atoms. The maximum Gasteiger partial charge on any atom is 0.271 e. The Hall–Kier alpha value is -3.11. The van der Waals surface area contributed by atoms with Crippen molar-refractivity contribution in [1.29, 1.82) is 0 Å². The quantitative estimate of drug-likeness (QED) is 0.538. The van der Waals surface area contributed by atoms with Gasteiger partial charge in [-0.3, -0.25) is 4.79 Å². The number of hydrazone groups is 1. The summed E-state index contributed by atoms with van der Waals surface area (Å²) < 4.78 is 0. The Morgan fingerprint density at radius 2 is 1.44 bits per heavy atom. The number of halogens is 1. The zero-order valence-corrected chi connectivity index (χ0v) is 13.9. The highest BCUT2D eigenvalue weighted by atomic mass is 35.5. The third-order valence-electron chi connectivity index (χ3n) is 3.60. The lowest BCUT2D eigenvalue weighted by atomic mass is 10.0. The first-order valence-corrected chi connectivity index (χ1v) is 7.98. The average Bonchev–Trinajstić information content (AvgIpc) is 2.64. The van der Waals surface area contributed by atoms with Gasteiger partial charge in [-0.15, -0.1) is 0 Å². The Morgan fingerprint density at radius 1 is 0.880 bits per heavy atom. The van der Waals surface area contributed by atoms with E-state index >= 15 is 0 Å². The monoisotopic (exact) mass is 350 g/mol. The standard InChI is InChI=1S/C20H15ClN2O2/c21-18-9-1-14(2-10-18)13-22-23-20(25)17-5-3-15(4-6-17)16-7-11-19(24)12-8-16/h1-13,24H,(H,23,25). The number of benzene rings is 3. The van der Waals surface area contributed by atoms with Gasteiger partial charge in [0, 0.05) is 10.6 Å². The van der Waals surface area contributed by atoms with Crippen molar-refractivity contribution in [2.24, 2.45) is 5.10 Å². The maximum atomic E-state index is 12.1. The van der Waals surface area contributed by atoms with E-state index in [1.54, 1.807) is 42.6 Å². The minimum Gasteiger partial charge on any atom is -0.508 e. The van der Waals surface area contributed by atoms with Crippen molar-refractivity contribution in [2.45, 2.75) is 0 Å². The van der Waals surface area contributed by atoms with Crippen LogP contribution in [0.2, 0.25) is 5.02 Å². The Kier molecular flexibility index (Phi) is 5.11. The molecule has 3 aromatic carbocycles. The minimum atomic E-state index is -0.289.